The van der Waals surface area contributed by atoms with E-state index in [0.29, 0.717) is 36.5 Å². The SMILES string of the molecule is CCN[C@H]1CN(CCCOC)S(=O)(=O)c2sc(S(=O)(=O)NC(=O)c3ccc(OC(=O)CCCO[N+](=O)[O-])c(OC)c3)cc21. The lowest BCUT2D eigenvalue weighted by Gasteiger charge is -2.32. The van der Waals surface area contributed by atoms with Gasteiger partial charge in [-0.3, -0.25) is 9.59 Å². The molecule has 0 unspecified atom stereocenters. The highest BCUT2D eigenvalue weighted by atomic mass is 32.3. The van der Waals surface area contributed by atoms with Crippen molar-refractivity contribution < 1.29 is 50.6 Å². The number of carbonyl (C=O) groups excluding carboxylic acids is 2. The molecule has 19 heteroatoms. The number of esters is 1. The summed E-state index contributed by atoms with van der Waals surface area (Å²) in [6.45, 7) is 2.71. The number of nitrogens with one attached hydrogen (secondary N) is 2. The highest BCUT2D eigenvalue weighted by molar-refractivity contribution is 7.94. The van der Waals surface area contributed by atoms with Crippen LogP contribution in [0, 0.1) is 10.1 Å². The number of methoxy groups -OCH3 is 2. The van der Waals surface area contributed by atoms with Gasteiger partial charge in [0.05, 0.1) is 13.7 Å². The van der Waals surface area contributed by atoms with E-state index >= 15 is 0 Å². The van der Waals surface area contributed by atoms with Crippen LogP contribution in [0.5, 0.6) is 11.5 Å². The van der Waals surface area contributed by atoms with Crippen LogP contribution in [0.25, 0.3) is 0 Å². The maximum absolute atomic E-state index is 13.3. The Balaban J connectivity index is 1.78. The number of benzene rings is 1. The first-order valence-electron chi connectivity index (χ1n) is 12.9. The molecule has 16 nitrogen and oxygen atoms in total. The molecular formula is C24H32N4O12S3. The van der Waals surface area contributed by atoms with E-state index in [1.807, 2.05) is 11.6 Å². The monoisotopic (exact) mass is 664 g/mol. The van der Waals surface area contributed by atoms with Crippen LogP contribution in [0.3, 0.4) is 0 Å². The van der Waals surface area contributed by atoms with Crippen molar-refractivity contribution in [1.29, 1.82) is 0 Å². The summed E-state index contributed by atoms with van der Waals surface area (Å²) >= 11 is 0.553. The van der Waals surface area contributed by atoms with E-state index in [2.05, 4.69) is 10.2 Å². The van der Waals surface area contributed by atoms with E-state index in [0.717, 1.165) is 6.07 Å². The molecule has 0 saturated carbocycles. The quantitative estimate of drug-likeness (QED) is 0.0857. The van der Waals surface area contributed by atoms with Crippen LogP contribution < -0.4 is 19.5 Å². The third-order valence-corrected chi connectivity index (χ3v) is 11.5. The zero-order valence-electron chi connectivity index (χ0n) is 23.6. The zero-order chi connectivity index (χ0) is 31.8. The third kappa shape index (κ3) is 8.61. The van der Waals surface area contributed by atoms with E-state index in [1.54, 1.807) is 0 Å². The molecule has 0 bridgehead atoms. The van der Waals surface area contributed by atoms with Gasteiger partial charge in [0.25, 0.3) is 31.0 Å². The number of rotatable bonds is 16. The van der Waals surface area contributed by atoms with Crippen molar-refractivity contribution in [2.75, 3.05) is 47.1 Å². The predicted molar refractivity (Wildman–Crippen MR) is 151 cm³/mol. The van der Waals surface area contributed by atoms with E-state index in [9.17, 15) is 36.5 Å². The number of thiophene rings is 1. The van der Waals surface area contributed by atoms with E-state index < -0.39 is 43.1 Å². The van der Waals surface area contributed by atoms with Gasteiger partial charge in [0.1, 0.15) is 8.42 Å². The summed E-state index contributed by atoms with van der Waals surface area (Å²) in [6, 6.07) is 4.39. The Morgan fingerprint density at radius 2 is 1.91 bits per heavy atom. The fourth-order valence-electron chi connectivity index (χ4n) is 4.13. The fourth-order valence-corrected chi connectivity index (χ4v) is 8.99. The molecule has 1 atom stereocenters. The molecule has 0 spiro atoms. The Labute approximate surface area is 252 Å². The van der Waals surface area contributed by atoms with Crippen LogP contribution >= 0.6 is 11.3 Å². The minimum Gasteiger partial charge on any atom is -0.493 e. The highest BCUT2D eigenvalue weighted by Crippen LogP contribution is 2.40. The normalized spacial score (nSPS) is 16.2. The summed E-state index contributed by atoms with van der Waals surface area (Å²) in [7, 11) is -5.73. The van der Waals surface area contributed by atoms with Gasteiger partial charge in [0.15, 0.2) is 11.5 Å². The summed E-state index contributed by atoms with van der Waals surface area (Å²) < 4.78 is 71.2. The first-order valence-corrected chi connectivity index (χ1v) is 16.7. The predicted octanol–water partition coefficient (Wildman–Crippen LogP) is 1.46. The second-order valence-electron chi connectivity index (χ2n) is 9.06. The van der Waals surface area contributed by atoms with Crippen LogP contribution in [0.4, 0.5) is 0 Å². The molecule has 2 heterocycles. The van der Waals surface area contributed by atoms with Crippen molar-refractivity contribution in [1.82, 2.24) is 14.3 Å². The number of carbonyl (C=O) groups is 2. The van der Waals surface area contributed by atoms with Gasteiger partial charge in [-0.05, 0) is 43.7 Å². The van der Waals surface area contributed by atoms with Gasteiger partial charge in [0, 0.05) is 50.4 Å². The summed E-state index contributed by atoms with van der Waals surface area (Å²) in [5, 5.41) is 12.4. The number of sulfonamides is 2. The van der Waals surface area contributed by atoms with Crippen molar-refractivity contribution in [3.05, 3.63) is 45.5 Å². The van der Waals surface area contributed by atoms with E-state index in [4.69, 9.17) is 14.2 Å². The first kappa shape index (κ1) is 34.1. The van der Waals surface area contributed by atoms with Gasteiger partial charge in [-0.2, -0.15) is 4.31 Å². The van der Waals surface area contributed by atoms with Crippen molar-refractivity contribution in [2.45, 2.75) is 40.6 Å². The Morgan fingerprint density at radius 1 is 1.16 bits per heavy atom. The van der Waals surface area contributed by atoms with Crippen molar-refractivity contribution in [2.24, 2.45) is 0 Å². The molecule has 0 saturated heterocycles. The standard InChI is InChI=1S/C24H32N4O12S3/c1-4-25-18-15-27(10-6-11-37-2)43(35,36)24-17(18)14-22(41-24)42(33,34)26-23(30)16-8-9-19(20(13-16)38-3)40-21(29)7-5-12-39-28(31)32/h8-9,13-14,18,25H,4-7,10-12,15H2,1-3H3,(H,26,30)/t18-/m0/s1. The van der Waals surface area contributed by atoms with E-state index in [-0.39, 0.29) is 58.0 Å². The molecule has 238 valence electrons. The number of likely N-dealkylation sites (N-methyl/N-ethyl adjacent to an activating group) is 1. The molecule has 1 aliphatic heterocycles. The molecule has 0 aliphatic carbocycles. The fraction of sp³-hybridized carbons (Fsp3) is 0.500. The largest absolute Gasteiger partial charge is 0.493 e. The number of fused-ring (bicyclic) bond motifs is 1. The number of hydrogen-bond acceptors (Lipinski definition) is 14. The van der Waals surface area contributed by atoms with Crippen LogP contribution in [-0.4, -0.2) is 85.2 Å². The molecule has 3 rings (SSSR count). The van der Waals surface area contributed by atoms with Crippen molar-refractivity contribution in [3.63, 3.8) is 0 Å². The number of ether oxygens (including phenoxy) is 3. The average Bonchev–Trinajstić information content (AvgIpc) is 3.42. The lowest BCUT2D eigenvalue weighted by Crippen LogP contribution is -2.43. The van der Waals surface area contributed by atoms with Gasteiger partial charge >= 0.3 is 5.97 Å². The zero-order valence-corrected chi connectivity index (χ0v) is 26.0. The molecular weight excluding hydrogens is 632 g/mol. The first-order chi connectivity index (χ1) is 20.3. The lowest BCUT2D eigenvalue weighted by molar-refractivity contribution is -0.757. The molecule has 0 radical (unpaired) electrons. The smallest absolute Gasteiger partial charge is 0.311 e. The summed E-state index contributed by atoms with van der Waals surface area (Å²) in [5.74, 6) is -1.90. The van der Waals surface area contributed by atoms with Gasteiger partial charge in [0.2, 0.25) is 0 Å². The molecule has 1 aliphatic rings. The highest BCUT2D eigenvalue weighted by Gasteiger charge is 2.40. The topological polar surface area (TPSA) is 210 Å². The van der Waals surface area contributed by atoms with Crippen LogP contribution in [-0.2, 0) is 34.4 Å². The third-order valence-electron chi connectivity index (χ3n) is 6.11. The molecule has 2 N–H and O–H groups in total. The molecule has 1 aromatic carbocycles. The second kappa shape index (κ2) is 14.9. The maximum Gasteiger partial charge on any atom is 0.311 e. The van der Waals surface area contributed by atoms with E-state index in [1.165, 1.54) is 36.7 Å². The number of nitrogens with zero attached hydrogens (tertiary/aromatic N) is 2. The average molecular weight is 665 g/mol. The molecule has 1 amide bonds. The Kier molecular flexibility index (Phi) is 11.8. The summed E-state index contributed by atoms with van der Waals surface area (Å²) in [6.07, 6.45) is 0.281. The Morgan fingerprint density at radius 3 is 2.56 bits per heavy atom. The van der Waals surface area contributed by atoms with Gasteiger partial charge in [-0.25, -0.2) is 21.6 Å². The minimum atomic E-state index is -4.49. The molecule has 43 heavy (non-hydrogen) atoms. The van der Waals surface area contributed by atoms with Crippen LogP contribution in [0.1, 0.15) is 48.1 Å². The van der Waals surface area contributed by atoms with Gasteiger partial charge in [-0.15, -0.1) is 21.5 Å². The van der Waals surface area contributed by atoms with Gasteiger partial charge in [-0.1, -0.05) is 6.92 Å². The van der Waals surface area contributed by atoms with Crippen LogP contribution in [0.2, 0.25) is 0 Å². The van der Waals surface area contributed by atoms with Gasteiger partial charge < -0.3 is 24.4 Å². The molecule has 1 aromatic heterocycles. The Hall–Kier alpha value is -3.36. The minimum absolute atomic E-state index is 0.0228. The van der Waals surface area contributed by atoms with Crippen LogP contribution in [0.15, 0.2) is 32.7 Å². The molecule has 0 fully saturated rings. The molecule has 2 aromatic rings. The number of amides is 1. The lowest BCUT2D eigenvalue weighted by atomic mass is 10.1. The summed E-state index contributed by atoms with van der Waals surface area (Å²) in [5.41, 5.74) is 0.156. The second-order valence-corrected chi connectivity index (χ2v) is 14.2. The maximum atomic E-state index is 13.3. The number of hydrogen-bond donors (Lipinski definition) is 2. The Bertz CT molecular complexity index is 1540. The summed E-state index contributed by atoms with van der Waals surface area (Å²) in [4.78, 5) is 39.3. The van der Waals surface area contributed by atoms with Crippen molar-refractivity contribution >= 4 is 43.3 Å². The van der Waals surface area contributed by atoms with Crippen molar-refractivity contribution in [3.8, 4) is 11.5 Å².